The molecule has 0 aromatic heterocycles. The Balaban J connectivity index is 1.97. The molecule has 4 heteroatoms. The number of nitrogens with two attached hydrogens (primary N) is 1. The summed E-state index contributed by atoms with van der Waals surface area (Å²) in [5.74, 6) is -0.398. The third kappa shape index (κ3) is 3.03. The Bertz CT molecular complexity index is 469. The molecular formula is C14H18N2O2. The van der Waals surface area contributed by atoms with E-state index < -0.39 is 5.91 Å². The van der Waals surface area contributed by atoms with Crippen molar-refractivity contribution >= 4 is 11.6 Å². The zero-order valence-electron chi connectivity index (χ0n) is 10.5. The van der Waals surface area contributed by atoms with Gasteiger partial charge < -0.3 is 15.8 Å². The summed E-state index contributed by atoms with van der Waals surface area (Å²) >= 11 is 0. The Morgan fingerprint density at radius 1 is 1.56 bits per heavy atom. The van der Waals surface area contributed by atoms with E-state index in [0.29, 0.717) is 5.56 Å². The molecule has 4 nitrogen and oxygen atoms in total. The molecule has 1 aliphatic rings. The summed E-state index contributed by atoms with van der Waals surface area (Å²) < 4.78 is 5.48. The minimum atomic E-state index is -0.398. The third-order valence-corrected chi connectivity index (χ3v) is 3.05. The number of primary amides is 1. The van der Waals surface area contributed by atoms with Crippen LogP contribution in [0.1, 0.15) is 28.8 Å². The van der Waals surface area contributed by atoms with E-state index in [2.05, 4.69) is 5.32 Å². The van der Waals surface area contributed by atoms with Crippen LogP contribution in [0.4, 0.5) is 5.69 Å². The number of benzene rings is 1. The van der Waals surface area contributed by atoms with Gasteiger partial charge in [-0.15, -0.1) is 0 Å². The van der Waals surface area contributed by atoms with Gasteiger partial charge in [0.1, 0.15) is 6.10 Å². The van der Waals surface area contributed by atoms with Gasteiger partial charge in [-0.3, -0.25) is 4.79 Å². The Kier molecular flexibility index (Phi) is 3.87. The van der Waals surface area contributed by atoms with E-state index in [4.69, 9.17) is 10.5 Å². The molecule has 1 atom stereocenters. The van der Waals surface area contributed by atoms with Crippen molar-refractivity contribution in [1.29, 1.82) is 0 Å². The van der Waals surface area contributed by atoms with Gasteiger partial charge in [0, 0.05) is 11.3 Å². The quantitative estimate of drug-likeness (QED) is 0.856. The molecule has 0 saturated carbocycles. The van der Waals surface area contributed by atoms with E-state index in [1.807, 2.05) is 19.1 Å². The van der Waals surface area contributed by atoms with Crippen molar-refractivity contribution in [3.63, 3.8) is 0 Å². The first-order valence-electron chi connectivity index (χ1n) is 6.11. The van der Waals surface area contributed by atoms with Gasteiger partial charge in [0.05, 0.1) is 12.8 Å². The molecule has 0 saturated heterocycles. The van der Waals surface area contributed by atoms with Crippen LogP contribution in [0.15, 0.2) is 30.5 Å². The van der Waals surface area contributed by atoms with Crippen molar-refractivity contribution in [3.8, 4) is 0 Å². The molecule has 0 bridgehead atoms. The smallest absolute Gasteiger partial charge is 0.248 e. The normalized spacial score (nSPS) is 18.2. The molecule has 1 aromatic carbocycles. The lowest BCUT2D eigenvalue weighted by atomic mass is 10.1. The van der Waals surface area contributed by atoms with Crippen LogP contribution in [-0.2, 0) is 4.74 Å². The maximum Gasteiger partial charge on any atom is 0.248 e. The fraction of sp³-hybridized carbons (Fsp3) is 0.357. The number of rotatable bonds is 4. The summed E-state index contributed by atoms with van der Waals surface area (Å²) in [4.78, 5) is 11.0. The van der Waals surface area contributed by atoms with E-state index in [1.54, 1.807) is 18.4 Å². The van der Waals surface area contributed by atoms with Crippen LogP contribution in [0, 0.1) is 6.92 Å². The average Bonchev–Trinajstić information content (AvgIpc) is 2.38. The highest BCUT2D eigenvalue weighted by Gasteiger charge is 2.11. The SMILES string of the molecule is Cc1cc(C(N)=O)ccc1NCC1CCC=CO1. The van der Waals surface area contributed by atoms with Gasteiger partial charge in [0.25, 0.3) is 0 Å². The second kappa shape index (κ2) is 5.58. The summed E-state index contributed by atoms with van der Waals surface area (Å²) in [6, 6.07) is 5.42. The van der Waals surface area contributed by atoms with E-state index >= 15 is 0 Å². The Morgan fingerprint density at radius 3 is 3.00 bits per heavy atom. The number of aryl methyl sites for hydroxylation is 1. The molecule has 1 unspecified atom stereocenters. The fourth-order valence-electron chi connectivity index (χ4n) is 1.97. The van der Waals surface area contributed by atoms with Crippen molar-refractivity contribution in [2.24, 2.45) is 5.73 Å². The van der Waals surface area contributed by atoms with Crippen molar-refractivity contribution in [3.05, 3.63) is 41.7 Å². The van der Waals surface area contributed by atoms with Crippen LogP contribution in [0.25, 0.3) is 0 Å². The molecule has 3 N–H and O–H groups in total. The van der Waals surface area contributed by atoms with Gasteiger partial charge in [-0.25, -0.2) is 0 Å². The molecule has 1 amide bonds. The van der Waals surface area contributed by atoms with Crippen LogP contribution in [0.5, 0.6) is 0 Å². The summed E-state index contributed by atoms with van der Waals surface area (Å²) in [6.45, 7) is 2.72. The second-order valence-corrected chi connectivity index (χ2v) is 4.48. The van der Waals surface area contributed by atoms with Crippen LogP contribution in [0.2, 0.25) is 0 Å². The number of nitrogens with one attached hydrogen (secondary N) is 1. The molecular weight excluding hydrogens is 228 g/mol. The predicted octanol–water partition coefficient (Wildman–Crippen LogP) is 2.20. The average molecular weight is 246 g/mol. The maximum atomic E-state index is 11.0. The highest BCUT2D eigenvalue weighted by Crippen LogP contribution is 2.18. The zero-order chi connectivity index (χ0) is 13.0. The Hall–Kier alpha value is -1.97. The molecule has 0 spiro atoms. The molecule has 18 heavy (non-hydrogen) atoms. The fourth-order valence-corrected chi connectivity index (χ4v) is 1.97. The maximum absolute atomic E-state index is 11.0. The van der Waals surface area contributed by atoms with Crippen molar-refractivity contribution in [2.75, 3.05) is 11.9 Å². The Labute approximate surface area is 107 Å². The van der Waals surface area contributed by atoms with Gasteiger partial charge in [-0.2, -0.15) is 0 Å². The van der Waals surface area contributed by atoms with Gasteiger partial charge in [-0.05, 0) is 49.6 Å². The van der Waals surface area contributed by atoms with Crippen molar-refractivity contribution in [1.82, 2.24) is 0 Å². The number of amides is 1. The standard InChI is InChI=1S/C14H18N2O2/c1-10-8-11(14(15)17)5-6-13(10)16-9-12-4-2-3-7-18-12/h3,5-8,12,16H,2,4,9H2,1H3,(H2,15,17). The first-order valence-corrected chi connectivity index (χ1v) is 6.11. The summed E-state index contributed by atoms with van der Waals surface area (Å²) in [7, 11) is 0. The van der Waals surface area contributed by atoms with E-state index in [0.717, 1.165) is 30.6 Å². The number of carbonyl (C=O) groups is 1. The third-order valence-electron chi connectivity index (χ3n) is 3.05. The summed E-state index contributed by atoms with van der Waals surface area (Å²) in [5, 5.41) is 3.34. The number of ether oxygens (including phenoxy) is 1. The van der Waals surface area contributed by atoms with E-state index in [9.17, 15) is 4.79 Å². The molecule has 0 radical (unpaired) electrons. The minimum Gasteiger partial charge on any atom is -0.497 e. The molecule has 1 aromatic rings. The lowest BCUT2D eigenvalue weighted by molar-refractivity contribution is 0.1000. The summed E-state index contributed by atoms with van der Waals surface area (Å²) in [5.41, 5.74) is 7.80. The van der Waals surface area contributed by atoms with Crippen LogP contribution in [0.3, 0.4) is 0 Å². The topological polar surface area (TPSA) is 64.4 Å². The van der Waals surface area contributed by atoms with Crippen LogP contribution in [-0.4, -0.2) is 18.6 Å². The van der Waals surface area contributed by atoms with Crippen LogP contribution >= 0.6 is 0 Å². The van der Waals surface area contributed by atoms with Gasteiger partial charge in [0.2, 0.25) is 5.91 Å². The number of carbonyl (C=O) groups excluding carboxylic acids is 1. The van der Waals surface area contributed by atoms with Crippen molar-refractivity contribution in [2.45, 2.75) is 25.9 Å². The number of hydrogen-bond donors (Lipinski definition) is 2. The van der Waals surface area contributed by atoms with Crippen LogP contribution < -0.4 is 11.1 Å². The highest BCUT2D eigenvalue weighted by molar-refractivity contribution is 5.93. The molecule has 1 aliphatic heterocycles. The number of anilines is 1. The predicted molar refractivity (Wildman–Crippen MR) is 71.4 cm³/mol. The van der Waals surface area contributed by atoms with Crippen molar-refractivity contribution < 1.29 is 9.53 Å². The molecule has 0 fully saturated rings. The lowest BCUT2D eigenvalue weighted by Crippen LogP contribution is -2.23. The number of allylic oxidation sites excluding steroid dienone is 1. The van der Waals surface area contributed by atoms with E-state index in [1.165, 1.54) is 0 Å². The zero-order valence-corrected chi connectivity index (χ0v) is 10.5. The first-order chi connectivity index (χ1) is 8.66. The molecule has 1 heterocycles. The van der Waals surface area contributed by atoms with Gasteiger partial charge >= 0.3 is 0 Å². The molecule has 2 rings (SSSR count). The Morgan fingerprint density at radius 2 is 2.39 bits per heavy atom. The highest BCUT2D eigenvalue weighted by atomic mass is 16.5. The molecule has 96 valence electrons. The minimum absolute atomic E-state index is 0.213. The second-order valence-electron chi connectivity index (χ2n) is 4.48. The lowest BCUT2D eigenvalue weighted by Gasteiger charge is -2.21. The number of hydrogen-bond acceptors (Lipinski definition) is 3. The molecule has 0 aliphatic carbocycles. The van der Waals surface area contributed by atoms with Gasteiger partial charge in [0.15, 0.2) is 0 Å². The monoisotopic (exact) mass is 246 g/mol. The largest absolute Gasteiger partial charge is 0.497 e. The van der Waals surface area contributed by atoms with Gasteiger partial charge in [-0.1, -0.05) is 0 Å². The summed E-state index contributed by atoms with van der Waals surface area (Å²) in [6.07, 6.45) is 6.10. The first kappa shape index (κ1) is 12.5. The van der Waals surface area contributed by atoms with E-state index in [-0.39, 0.29) is 6.10 Å².